The predicted molar refractivity (Wildman–Crippen MR) is 81.5 cm³/mol. The third kappa shape index (κ3) is 3.54. The molecule has 1 amide bonds. The number of anilines is 1. The molecule has 2 rings (SSSR count). The Balaban J connectivity index is 2.26. The Hall–Kier alpha value is -2.04. The molecule has 5 heteroatoms. The summed E-state index contributed by atoms with van der Waals surface area (Å²) < 4.78 is 4.68. The largest absolute Gasteiger partial charge is 0.468 e. The first-order valence-corrected chi connectivity index (χ1v) is 7.39. The number of methoxy groups -OCH3 is 1. The number of nitrogens with one attached hydrogen (secondary N) is 1. The van der Waals surface area contributed by atoms with Crippen LogP contribution in [-0.4, -0.2) is 43.5 Å². The zero-order valence-corrected chi connectivity index (χ0v) is 12.6. The highest BCUT2D eigenvalue weighted by Crippen LogP contribution is 2.26. The number of benzene rings is 1. The summed E-state index contributed by atoms with van der Waals surface area (Å²) in [6.07, 6.45) is 2.71. The van der Waals surface area contributed by atoms with Crippen molar-refractivity contribution in [2.45, 2.75) is 26.2 Å². The van der Waals surface area contributed by atoms with Crippen LogP contribution in [0, 0.1) is 0 Å². The molecule has 1 aromatic rings. The number of esters is 1. The summed E-state index contributed by atoms with van der Waals surface area (Å²) in [5.74, 6) is -0.484. The minimum atomic E-state index is -0.389. The van der Waals surface area contributed by atoms with Gasteiger partial charge in [0, 0.05) is 24.3 Å². The summed E-state index contributed by atoms with van der Waals surface area (Å²) >= 11 is 0. The SMILES string of the molecule is CCCN(CC(=O)OC)C(=O)c1cccc2c1CCCN2. The fourth-order valence-electron chi connectivity index (χ4n) is 2.62. The average molecular weight is 290 g/mol. The zero-order valence-electron chi connectivity index (χ0n) is 12.6. The lowest BCUT2D eigenvalue weighted by Gasteiger charge is -2.25. The van der Waals surface area contributed by atoms with Gasteiger partial charge in [0.25, 0.3) is 5.91 Å². The van der Waals surface area contributed by atoms with Gasteiger partial charge in [-0.05, 0) is 37.0 Å². The highest BCUT2D eigenvalue weighted by molar-refractivity contribution is 5.98. The van der Waals surface area contributed by atoms with Crippen molar-refractivity contribution in [2.24, 2.45) is 0 Å². The van der Waals surface area contributed by atoms with Gasteiger partial charge in [-0.3, -0.25) is 9.59 Å². The van der Waals surface area contributed by atoms with E-state index in [1.54, 1.807) is 4.90 Å². The topological polar surface area (TPSA) is 58.6 Å². The normalized spacial score (nSPS) is 13.0. The lowest BCUT2D eigenvalue weighted by atomic mass is 9.96. The van der Waals surface area contributed by atoms with E-state index in [2.05, 4.69) is 10.1 Å². The van der Waals surface area contributed by atoms with Crippen molar-refractivity contribution in [1.29, 1.82) is 0 Å². The molecule has 0 aromatic heterocycles. The molecule has 1 aliphatic rings. The first kappa shape index (κ1) is 15.4. The fraction of sp³-hybridized carbons (Fsp3) is 0.500. The number of amides is 1. The molecule has 0 unspecified atom stereocenters. The standard InChI is InChI=1S/C16H22N2O3/c1-3-10-18(11-15(19)21-2)16(20)13-6-4-8-14-12(13)7-5-9-17-14/h4,6,8,17H,3,5,7,9-11H2,1-2H3. The number of hydrogen-bond acceptors (Lipinski definition) is 4. The van der Waals surface area contributed by atoms with Crippen molar-refractivity contribution in [1.82, 2.24) is 4.90 Å². The second-order valence-electron chi connectivity index (χ2n) is 5.16. The molecular formula is C16H22N2O3. The molecule has 1 N–H and O–H groups in total. The summed E-state index contributed by atoms with van der Waals surface area (Å²) in [5.41, 5.74) is 2.78. The first-order valence-electron chi connectivity index (χ1n) is 7.39. The molecule has 1 aromatic carbocycles. The quantitative estimate of drug-likeness (QED) is 0.843. The Morgan fingerprint density at radius 2 is 2.19 bits per heavy atom. The molecule has 1 heterocycles. The van der Waals surface area contributed by atoms with Crippen molar-refractivity contribution >= 4 is 17.6 Å². The maximum absolute atomic E-state index is 12.7. The van der Waals surface area contributed by atoms with Crippen LogP contribution in [0.1, 0.15) is 35.7 Å². The van der Waals surface area contributed by atoms with E-state index in [4.69, 9.17) is 0 Å². The molecule has 0 aliphatic carbocycles. The Bertz CT molecular complexity index is 528. The number of hydrogen-bond donors (Lipinski definition) is 1. The lowest BCUT2D eigenvalue weighted by Crippen LogP contribution is -2.37. The van der Waals surface area contributed by atoms with Crippen LogP contribution in [0.15, 0.2) is 18.2 Å². The van der Waals surface area contributed by atoms with Gasteiger partial charge in [-0.25, -0.2) is 0 Å². The van der Waals surface area contributed by atoms with Gasteiger partial charge >= 0.3 is 5.97 Å². The summed E-state index contributed by atoms with van der Waals surface area (Å²) in [6, 6.07) is 5.72. The van der Waals surface area contributed by atoms with E-state index >= 15 is 0 Å². The van der Waals surface area contributed by atoms with Gasteiger partial charge in [0.1, 0.15) is 6.54 Å². The number of carbonyl (C=O) groups excluding carboxylic acids is 2. The third-order valence-corrected chi connectivity index (χ3v) is 3.65. The maximum Gasteiger partial charge on any atom is 0.325 e. The van der Waals surface area contributed by atoms with E-state index in [0.717, 1.165) is 37.1 Å². The Morgan fingerprint density at radius 3 is 2.90 bits per heavy atom. The van der Waals surface area contributed by atoms with Crippen LogP contribution in [0.5, 0.6) is 0 Å². The summed E-state index contributed by atoms with van der Waals surface area (Å²) in [5, 5.41) is 3.32. The summed E-state index contributed by atoms with van der Waals surface area (Å²) in [4.78, 5) is 25.8. The van der Waals surface area contributed by atoms with Gasteiger partial charge in [0.2, 0.25) is 0 Å². The van der Waals surface area contributed by atoms with Crippen LogP contribution in [0.25, 0.3) is 0 Å². The van der Waals surface area contributed by atoms with Crippen molar-refractivity contribution in [3.63, 3.8) is 0 Å². The number of rotatable bonds is 5. The van der Waals surface area contributed by atoms with Gasteiger partial charge in [-0.1, -0.05) is 13.0 Å². The molecular weight excluding hydrogens is 268 g/mol. The van der Waals surface area contributed by atoms with E-state index in [1.807, 2.05) is 25.1 Å². The molecule has 1 aliphatic heterocycles. The lowest BCUT2D eigenvalue weighted by molar-refractivity contribution is -0.141. The number of fused-ring (bicyclic) bond motifs is 1. The van der Waals surface area contributed by atoms with Gasteiger partial charge < -0.3 is 15.0 Å². The van der Waals surface area contributed by atoms with Crippen LogP contribution in [0.2, 0.25) is 0 Å². The van der Waals surface area contributed by atoms with E-state index in [1.165, 1.54) is 7.11 Å². The van der Waals surface area contributed by atoms with Crippen LogP contribution in [0.4, 0.5) is 5.69 Å². The van der Waals surface area contributed by atoms with Gasteiger partial charge in [0.05, 0.1) is 7.11 Å². The maximum atomic E-state index is 12.7. The minimum Gasteiger partial charge on any atom is -0.468 e. The van der Waals surface area contributed by atoms with Gasteiger partial charge in [-0.15, -0.1) is 0 Å². The molecule has 0 radical (unpaired) electrons. The van der Waals surface area contributed by atoms with E-state index < -0.39 is 0 Å². The molecule has 0 fully saturated rings. The van der Waals surface area contributed by atoms with Crippen LogP contribution >= 0.6 is 0 Å². The number of carbonyl (C=O) groups is 2. The van der Waals surface area contributed by atoms with Crippen molar-refractivity contribution in [3.05, 3.63) is 29.3 Å². The molecule has 0 atom stereocenters. The van der Waals surface area contributed by atoms with Gasteiger partial charge in [0.15, 0.2) is 0 Å². The van der Waals surface area contributed by atoms with Gasteiger partial charge in [-0.2, -0.15) is 0 Å². The minimum absolute atomic E-state index is 0.000267. The zero-order chi connectivity index (χ0) is 15.2. The molecule has 5 nitrogen and oxygen atoms in total. The Labute approximate surface area is 125 Å². The summed E-state index contributed by atoms with van der Waals surface area (Å²) in [6.45, 7) is 3.47. The fourth-order valence-corrected chi connectivity index (χ4v) is 2.62. The van der Waals surface area contributed by atoms with Crippen molar-refractivity contribution in [3.8, 4) is 0 Å². The number of nitrogens with zero attached hydrogens (tertiary/aromatic N) is 1. The highest BCUT2D eigenvalue weighted by atomic mass is 16.5. The molecule has 21 heavy (non-hydrogen) atoms. The van der Waals surface area contributed by atoms with E-state index in [-0.39, 0.29) is 18.4 Å². The molecule has 114 valence electrons. The number of ether oxygens (including phenoxy) is 1. The van der Waals surface area contributed by atoms with E-state index in [0.29, 0.717) is 12.1 Å². The van der Waals surface area contributed by atoms with Crippen LogP contribution < -0.4 is 5.32 Å². The molecule has 0 saturated heterocycles. The van der Waals surface area contributed by atoms with Crippen LogP contribution in [-0.2, 0) is 16.0 Å². The molecule has 0 saturated carbocycles. The predicted octanol–water partition coefficient (Wildman–Crippen LogP) is 2.07. The summed E-state index contributed by atoms with van der Waals surface area (Å²) in [7, 11) is 1.34. The molecule has 0 spiro atoms. The van der Waals surface area contributed by atoms with E-state index in [9.17, 15) is 9.59 Å². The first-order chi connectivity index (χ1) is 10.2. The second kappa shape index (κ2) is 7.11. The highest BCUT2D eigenvalue weighted by Gasteiger charge is 2.23. The Morgan fingerprint density at radius 1 is 1.38 bits per heavy atom. The monoisotopic (exact) mass is 290 g/mol. The Kier molecular flexibility index (Phi) is 5.20. The van der Waals surface area contributed by atoms with Crippen molar-refractivity contribution in [2.75, 3.05) is 32.1 Å². The molecule has 0 bridgehead atoms. The second-order valence-corrected chi connectivity index (χ2v) is 5.16. The van der Waals surface area contributed by atoms with Crippen molar-refractivity contribution < 1.29 is 14.3 Å². The third-order valence-electron chi connectivity index (χ3n) is 3.65. The van der Waals surface area contributed by atoms with Crippen LogP contribution in [0.3, 0.4) is 0 Å². The average Bonchev–Trinajstić information content (AvgIpc) is 2.53. The smallest absolute Gasteiger partial charge is 0.325 e.